The average Bonchev–Trinajstić information content (AvgIpc) is 3.08. The maximum atomic E-state index is 13.4. The number of hydrogen-bond acceptors (Lipinski definition) is 5. The second-order valence-corrected chi connectivity index (χ2v) is 10.0. The Hall–Kier alpha value is -3.12. The largest absolute Gasteiger partial charge is 0.507 e. The first-order chi connectivity index (χ1) is 16.5. The molecule has 1 amide bonds. The SMILES string of the molecule is CCN(CC)CCN1C(=O)C(=O)/C(=C(/O)c2cc(C(C)(C)C)ccc2OC)C1c1ccccc1C. The van der Waals surface area contributed by atoms with Crippen LogP contribution in [0.25, 0.3) is 5.76 Å². The normalized spacial score (nSPS) is 17.9. The van der Waals surface area contributed by atoms with Crippen molar-refractivity contribution in [2.75, 3.05) is 33.3 Å². The molecule has 2 aromatic rings. The van der Waals surface area contributed by atoms with Gasteiger partial charge in [-0.2, -0.15) is 0 Å². The number of ether oxygens (including phenoxy) is 1. The van der Waals surface area contributed by atoms with Crippen molar-refractivity contribution >= 4 is 17.4 Å². The van der Waals surface area contributed by atoms with Gasteiger partial charge < -0.3 is 19.6 Å². The lowest BCUT2D eigenvalue weighted by molar-refractivity contribution is -0.140. The van der Waals surface area contributed by atoms with Gasteiger partial charge in [-0.1, -0.05) is 65.0 Å². The van der Waals surface area contributed by atoms with E-state index in [0.717, 1.165) is 29.8 Å². The lowest BCUT2D eigenvalue weighted by atomic mass is 9.85. The number of aliphatic hydroxyl groups is 1. The highest BCUT2D eigenvalue weighted by Gasteiger charge is 2.46. The third kappa shape index (κ3) is 5.27. The van der Waals surface area contributed by atoms with E-state index in [1.165, 1.54) is 7.11 Å². The van der Waals surface area contributed by atoms with Crippen molar-refractivity contribution in [1.82, 2.24) is 9.80 Å². The van der Waals surface area contributed by atoms with Crippen molar-refractivity contribution in [2.24, 2.45) is 0 Å². The van der Waals surface area contributed by atoms with Crippen LogP contribution in [0.1, 0.15) is 62.9 Å². The highest BCUT2D eigenvalue weighted by molar-refractivity contribution is 6.46. The minimum atomic E-state index is -0.672. The number of methoxy groups -OCH3 is 1. The van der Waals surface area contributed by atoms with Crippen LogP contribution in [0.15, 0.2) is 48.0 Å². The van der Waals surface area contributed by atoms with Gasteiger partial charge in [0.1, 0.15) is 11.5 Å². The quantitative estimate of drug-likeness (QED) is 0.326. The molecule has 0 aliphatic carbocycles. The fraction of sp³-hybridized carbons (Fsp3) is 0.448. The summed E-state index contributed by atoms with van der Waals surface area (Å²) in [6, 6.07) is 12.6. The van der Waals surface area contributed by atoms with Gasteiger partial charge in [-0.25, -0.2) is 0 Å². The highest BCUT2D eigenvalue weighted by atomic mass is 16.5. The van der Waals surface area contributed by atoms with Crippen molar-refractivity contribution in [3.8, 4) is 5.75 Å². The van der Waals surface area contributed by atoms with Crippen molar-refractivity contribution in [1.29, 1.82) is 0 Å². The van der Waals surface area contributed by atoms with Crippen LogP contribution < -0.4 is 4.74 Å². The van der Waals surface area contributed by atoms with Gasteiger partial charge in [0.05, 0.1) is 24.3 Å². The van der Waals surface area contributed by atoms with E-state index in [4.69, 9.17) is 4.74 Å². The number of likely N-dealkylation sites (N-methyl/N-ethyl adjacent to an activating group) is 1. The number of hydrogen-bond donors (Lipinski definition) is 1. The standard InChI is InChI=1S/C29H38N2O4/c1-8-30(9-2)16-17-31-25(21-13-11-10-12-19(21)3)24(27(33)28(31)34)26(32)22-18-20(29(4,5)6)14-15-23(22)35-7/h10-15,18,25,32H,8-9,16-17H2,1-7H3/b26-24+. The van der Waals surface area contributed by atoms with Gasteiger partial charge in [-0.05, 0) is 54.3 Å². The van der Waals surface area contributed by atoms with Crippen LogP contribution in [0.5, 0.6) is 5.75 Å². The second-order valence-electron chi connectivity index (χ2n) is 10.0. The molecule has 1 aliphatic heterocycles. The number of carbonyl (C=O) groups excluding carboxylic acids is 2. The molecule has 1 saturated heterocycles. The maximum Gasteiger partial charge on any atom is 0.295 e. The zero-order valence-corrected chi connectivity index (χ0v) is 22.0. The van der Waals surface area contributed by atoms with Crippen LogP contribution in [-0.4, -0.2) is 59.9 Å². The second kappa shape index (κ2) is 10.6. The molecule has 1 N–H and O–H groups in total. The summed E-state index contributed by atoms with van der Waals surface area (Å²) >= 11 is 0. The molecule has 0 saturated carbocycles. The molecule has 6 heteroatoms. The topological polar surface area (TPSA) is 70.1 Å². The number of carbonyl (C=O) groups is 2. The molecule has 0 spiro atoms. The Morgan fingerprint density at radius 1 is 1.09 bits per heavy atom. The Labute approximate surface area is 209 Å². The Morgan fingerprint density at radius 2 is 1.74 bits per heavy atom. The van der Waals surface area contributed by atoms with Crippen LogP contribution in [0, 0.1) is 6.92 Å². The third-order valence-corrected chi connectivity index (χ3v) is 6.90. The van der Waals surface area contributed by atoms with Crippen LogP contribution in [0.3, 0.4) is 0 Å². The molecule has 1 aliphatic rings. The molecule has 35 heavy (non-hydrogen) atoms. The predicted octanol–water partition coefficient (Wildman–Crippen LogP) is 5.06. The Balaban J connectivity index is 2.23. The van der Waals surface area contributed by atoms with Gasteiger partial charge in [-0.3, -0.25) is 9.59 Å². The lowest BCUT2D eigenvalue weighted by Gasteiger charge is -2.29. The van der Waals surface area contributed by atoms with E-state index in [-0.39, 0.29) is 16.7 Å². The van der Waals surface area contributed by atoms with Crippen LogP contribution in [0.2, 0.25) is 0 Å². The average molecular weight is 479 g/mol. The molecule has 2 aromatic carbocycles. The Morgan fingerprint density at radius 3 is 2.31 bits per heavy atom. The fourth-order valence-corrected chi connectivity index (χ4v) is 4.62. The number of Topliss-reactive ketones (excluding diaryl/α,β-unsaturated/α-hetero) is 1. The molecule has 6 nitrogen and oxygen atoms in total. The number of amides is 1. The summed E-state index contributed by atoms with van der Waals surface area (Å²) in [6.45, 7) is 15.1. The number of aryl methyl sites for hydroxylation is 1. The minimum Gasteiger partial charge on any atom is -0.507 e. The molecule has 0 aromatic heterocycles. The number of nitrogens with zero attached hydrogens (tertiary/aromatic N) is 2. The van der Waals surface area contributed by atoms with E-state index >= 15 is 0 Å². The summed E-state index contributed by atoms with van der Waals surface area (Å²) < 4.78 is 5.54. The maximum absolute atomic E-state index is 13.4. The summed E-state index contributed by atoms with van der Waals surface area (Å²) in [5.74, 6) is -1.00. The third-order valence-electron chi connectivity index (χ3n) is 6.90. The molecule has 1 heterocycles. The van der Waals surface area contributed by atoms with Crippen molar-refractivity contribution in [3.05, 3.63) is 70.3 Å². The van der Waals surface area contributed by atoms with Gasteiger partial charge in [-0.15, -0.1) is 0 Å². The molecule has 0 radical (unpaired) electrons. The number of aliphatic hydroxyl groups excluding tert-OH is 1. The first-order valence-electron chi connectivity index (χ1n) is 12.3. The fourth-order valence-electron chi connectivity index (χ4n) is 4.62. The van der Waals surface area contributed by atoms with Crippen molar-refractivity contribution in [2.45, 2.75) is 53.0 Å². The van der Waals surface area contributed by atoms with Gasteiger partial charge in [0.2, 0.25) is 0 Å². The lowest BCUT2D eigenvalue weighted by Crippen LogP contribution is -2.38. The molecule has 3 rings (SSSR count). The van der Waals surface area contributed by atoms with E-state index in [1.807, 2.05) is 43.3 Å². The van der Waals surface area contributed by atoms with Crippen LogP contribution in [-0.2, 0) is 15.0 Å². The smallest absolute Gasteiger partial charge is 0.295 e. The summed E-state index contributed by atoms with van der Waals surface area (Å²) in [5.41, 5.74) is 3.12. The molecular weight excluding hydrogens is 440 g/mol. The summed E-state index contributed by atoms with van der Waals surface area (Å²) in [4.78, 5) is 30.5. The zero-order valence-electron chi connectivity index (χ0n) is 22.0. The van der Waals surface area contributed by atoms with Gasteiger partial charge in [0.25, 0.3) is 11.7 Å². The van der Waals surface area contributed by atoms with E-state index in [0.29, 0.717) is 24.4 Å². The molecule has 0 bridgehead atoms. The van der Waals surface area contributed by atoms with Crippen LogP contribution >= 0.6 is 0 Å². The molecule has 188 valence electrons. The Kier molecular flexibility index (Phi) is 8.06. The number of likely N-dealkylation sites (tertiary alicyclic amines) is 1. The summed E-state index contributed by atoms with van der Waals surface area (Å²) in [7, 11) is 1.53. The number of rotatable bonds is 8. The molecule has 1 atom stereocenters. The minimum absolute atomic E-state index is 0.105. The van der Waals surface area contributed by atoms with E-state index in [2.05, 4.69) is 39.5 Å². The molecule has 1 fully saturated rings. The van der Waals surface area contributed by atoms with E-state index in [1.54, 1.807) is 11.0 Å². The first kappa shape index (κ1) is 26.5. The first-order valence-corrected chi connectivity index (χ1v) is 12.3. The predicted molar refractivity (Wildman–Crippen MR) is 140 cm³/mol. The van der Waals surface area contributed by atoms with E-state index in [9.17, 15) is 14.7 Å². The summed E-state index contributed by atoms with van der Waals surface area (Å²) in [5, 5.41) is 11.6. The number of ketones is 1. The summed E-state index contributed by atoms with van der Waals surface area (Å²) in [6.07, 6.45) is 0. The van der Waals surface area contributed by atoms with Gasteiger partial charge in [0, 0.05) is 13.1 Å². The zero-order chi connectivity index (χ0) is 25.9. The van der Waals surface area contributed by atoms with Gasteiger partial charge in [0.15, 0.2) is 0 Å². The highest BCUT2D eigenvalue weighted by Crippen LogP contribution is 2.42. The van der Waals surface area contributed by atoms with Crippen molar-refractivity contribution < 1.29 is 19.4 Å². The molecule has 1 unspecified atom stereocenters. The van der Waals surface area contributed by atoms with Crippen molar-refractivity contribution in [3.63, 3.8) is 0 Å². The molecular formula is C29H38N2O4. The Bertz CT molecular complexity index is 1130. The number of benzene rings is 2. The monoisotopic (exact) mass is 478 g/mol. The van der Waals surface area contributed by atoms with Crippen LogP contribution in [0.4, 0.5) is 0 Å². The van der Waals surface area contributed by atoms with E-state index < -0.39 is 17.7 Å². The van der Waals surface area contributed by atoms with Gasteiger partial charge >= 0.3 is 0 Å².